The molecule has 0 amide bonds. The van der Waals surface area contributed by atoms with E-state index in [0.717, 1.165) is 24.7 Å². The van der Waals surface area contributed by atoms with Gasteiger partial charge in [0.05, 0.1) is 13.2 Å². The first-order valence-corrected chi connectivity index (χ1v) is 6.05. The fraction of sp³-hybridized carbons (Fsp3) is 0.538. The van der Waals surface area contributed by atoms with E-state index in [-0.39, 0.29) is 5.54 Å². The summed E-state index contributed by atoms with van der Waals surface area (Å²) >= 11 is 5.87. The summed E-state index contributed by atoms with van der Waals surface area (Å²) in [4.78, 5) is 0. The van der Waals surface area contributed by atoms with Crippen molar-refractivity contribution in [2.75, 3.05) is 13.2 Å². The second kappa shape index (κ2) is 4.74. The summed E-state index contributed by atoms with van der Waals surface area (Å²) in [6.07, 6.45) is 0.967. The highest BCUT2D eigenvalue weighted by molar-refractivity contribution is 6.30. The number of ether oxygens (including phenoxy) is 1. The molecule has 16 heavy (non-hydrogen) atoms. The maximum atomic E-state index is 5.87. The Morgan fingerprint density at radius 1 is 1.44 bits per heavy atom. The Kier molecular flexibility index (Phi) is 3.53. The third kappa shape index (κ3) is 2.97. The standard InChI is InChI=1S/C13H18ClNO/c1-10-8-16-9-13(2,15-10)7-11-3-5-12(14)6-4-11/h3-6,10,15H,7-9H2,1-2H3. The summed E-state index contributed by atoms with van der Waals surface area (Å²) in [7, 11) is 0. The molecule has 1 aromatic carbocycles. The van der Waals surface area contributed by atoms with Crippen molar-refractivity contribution in [2.45, 2.75) is 31.8 Å². The molecule has 2 atom stereocenters. The molecular formula is C13H18ClNO. The molecule has 2 unspecified atom stereocenters. The lowest BCUT2D eigenvalue weighted by Crippen LogP contribution is -2.57. The summed E-state index contributed by atoms with van der Waals surface area (Å²) in [5, 5.41) is 4.38. The van der Waals surface area contributed by atoms with Gasteiger partial charge in [-0.15, -0.1) is 0 Å². The largest absolute Gasteiger partial charge is 0.378 e. The van der Waals surface area contributed by atoms with Crippen molar-refractivity contribution >= 4 is 11.6 Å². The molecular weight excluding hydrogens is 222 g/mol. The highest BCUT2D eigenvalue weighted by atomic mass is 35.5. The molecule has 1 fully saturated rings. The van der Waals surface area contributed by atoms with Crippen LogP contribution >= 0.6 is 11.6 Å². The number of rotatable bonds is 2. The van der Waals surface area contributed by atoms with E-state index in [4.69, 9.17) is 16.3 Å². The Morgan fingerprint density at radius 2 is 2.12 bits per heavy atom. The van der Waals surface area contributed by atoms with Gasteiger partial charge in [-0.2, -0.15) is 0 Å². The molecule has 1 aliphatic rings. The Hall–Kier alpha value is -0.570. The average molecular weight is 240 g/mol. The van der Waals surface area contributed by atoms with Gasteiger partial charge in [0.15, 0.2) is 0 Å². The third-order valence-electron chi connectivity index (χ3n) is 2.89. The molecule has 88 valence electrons. The first kappa shape index (κ1) is 11.9. The van der Waals surface area contributed by atoms with Crippen LogP contribution in [0.4, 0.5) is 0 Å². The number of hydrogen-bond donors (Lipinski definition) is 1. The maximum Gasteiger partial charge on any atom is 0.0649 e. The molecule has 2 nitrogen and oxygen atoms in total. The summed E-state index contributed by atoms with van der Waals surface area (Å²) in [5.74, 6) is 0. The molecule has 0 aromatic heterocycles. The molecule has 1 aromatic rings. The van der Waals surface area contributed by atoms with Crippen LogP contribution in [-0.2, 0) is 11.2 Å². The van der Waals surface area contributed by atoms with Crippen LogP contribution < -0.4 is 5.32 Å². The fourth-order valence-corrected chi connectivity index (χ4v) is 2.42. The SMILES string of the molecule is CC1COCC(C)(Cc2ccc(Cl)cc2)N1. The Morgan fingerprint density at radius 3 is 2.75 bits per heavy atom. The summed E-state index contributed by atoms with van der Waals surface area (Å²) < 4.78 is 5.60. The lowest BCUT2D eigenvalue weighted by molar-refractivity contribution is 0.0107. The van der Waals surface area contributed by atoms with Crippen LogP contribution in [-0.4, -0.2) is 24.8 Å². The van der Waals surface area contributed by atoms with E-state index in [9.17, 15) is 0 Å². The van der Waals surface area contributed by atoms with Crippen molar-refractivity contribution in [2.24, 2.45) is 0 Å². The quantitative estimate of drug-likeness (QED) is 0.857. The number of nitrogens with one attached hydrogen (secondary N) is 1. The molecule has 1 saturated heterocycles. The van der Waals surface area contributed by atoms with Crippen molar-refractivity contribution in [3.05, 3.63) is 34.9 Å². The van der Waals surface area contributed by atoms with Crippen molar-refractivity contribution in [1.82, 2.24) is 5.32 Å². The zero-order chi connectivity index (χ0) is 11.6. The van der Waals surface area contributed by atoms with Gasteiger partial charge in [0, 0.05) is 16.6 Å². The highest BCUT2D eigenvalue weighted by Crippen LogP contribution is 2.19. The number of benzene rings is 1. The van der Waals surface area contributed by atoms with Gasteiger partial charge in [-0.05, 0) is 38.0 Å². The van der Waals surface area contributed by atoms with E-state index in [0.29, 0.717) is 6.04 Å². The minimum atomic E-state index is 0.0332. The van der Waals surface area contributed by atoms with Gasteiger partial charge in [0.2, 0.25) is 0 Å². The molecule has 1 aliphatic heterocycles. The Balaban J connectivity index is 2.05. The molecule has 0 saturated carbocycles. The first-order chi connectivity index (χ1) is 7.57. The number of morpholine rings is 1. The zero-order valence-electron chi connectivity index (χ0n) is 9.79. The lowest BCUT2D eigenvalue weighted by Gasteiger charge is -2.38. The van der Waals surface area contributed by atoms with Gasteiger partial charge in [-0.25, -0.2) is 0 Å². The monoisotopic (exact) mass is 239 g/mol. The van der Waals surface area contributed by atoms with E-state index in [2.05, 4.69) is 31.3 Å². The van der Waals surface area contributed by atoms with Crippen molar-refractivity contribution in [3.8, 4) is 0 Å². The molecule has 3 heteroatoms. The number of halogens is 1. The molecule has 1 heterocycles. The third-order valence-corrected chi connectivity index (χ3v) is 3.14. The highest BCUT2D eigenvalue weighted by Gasteiger charge is 2.30. The van der Waals surface area contributed by atoms with Crippen LogP contribution in [0.1, 0.15) is 19.4 Å². The van der Waals surface area contributed by atoms with Gasteiger partial charge >= 0.3 is 0 Å². The van der Waals surface area contributed by atoms with Gasteiger partial charge in [0.25, 0.3) is 0 Å². The van der Waals surface area contributed by atoms with E-state index >= 15 is 0 Å². The molecule has 0 bridgehead atoms. The van der Waals surface area contributed by atoms with E-state index in [1.165, 1.54) is 5.56 Å². The zero-order valence-corrected chi connectivity index (χ0v) is 10.6. The smallest absolute Gasteiger partial charge is 0.0649 e. The molecule has 0 radical (unpaired) electrons. The predicted molar refractivity (Wildman–Crippen MR) is 67.0 cm³/mol. The Bertz CT molecular complexity index is 351. The van der Waals surface area contributed by atoms with Gasteiger partial charge in [0.1, 0.15) is 0 Å². The van der Waals surface area contributed by atoms with E-state index in [1.807, 2.05) is 12.1 Å². The molecule has 1 N–H and O–H groups in total. The second-order valence-corrected chi connectivity index (χ2v) is 5.36. The van der Waals surface area contributed by atoms with E-state index < -0.39 is 0 Å². The van der Waals surface area contributed by atoms with Crippen molar-refractivity contribution < 1.29 is 4.74 Å². The first-order valence-electron chi connectivity index (χ1n) is 5.67. The minimum Gasteiger partial charge on any atom is -0.378 e. The van der Waals surface area contributed by atoms with Crippen molar-refractivity contribution in [3.63, 3.8) is 0 Å². The second-order valence-electron chi connectivity index (χ2n) is 4.92. The van der Waals surface area contributed by atoms with Crippen LogP contribution in [0.3, 0.4) is 0 Å². The molecule has 2 rings (SSSR count). The van der Waals surface area contributed by atoms with Crippen LogP contribution in [0.25, 0.3) is 0 Å². The van der Waals surface area contributed by atoms with Crippen molar-refractivity contribution in [1.29, 1.82) is 0 Å². The average Bonchev–Trinajstić information content (AvgIpc) is 2.21. The van der Waals surface area contributed by atoms with Gasteiger partial charge < -0.3 is 10.1 Å². The molecule has 0 aliphatic carbocycles. The van der Waals surface area contributed by atoms with Crippen LogP contribution in [0, 0.1) is 0 Å². The normalized spacial score (nSPS) is 30.3. The summed E-state index contributed by atoms with van der Waals surface area (Å²) in [6, 6.07) is 8.45. The topological polar surface area (TPSA) is 21.3 Å². The Labute approximate surface area is 102 Å². The number of hydrogen-bond acceptors (Lipinski definition) is 2. The summed E-state index contributed by atoms with van der Waals surface area (Å²) in [5.41, 5.74) is 1.32. The van der Waals surface area contributed by atoms with Crippen LogP contribution in [0.2, 0.25) is 5.02 Å². The predicted octanol–water partition coefficient (Wildman–Crippen LogP) is 2.65. The van der Waals surface area contributed by atoms with Crippen LogP contribution in [0.15, 0.2) is 24.3 Å². The van der Waals surface area contributed by atoms with Gasteiger partial charge in [-0.1, -0.05) is 23.7 Å². The summed E-state index contributed by atoms with van der Waals surface area (Å²) in [6.45, 7) is 5.92. The molecule has 0 spiro atoms. The van der Waals surface area contributed by atoms with Crippen LogP contribution in [0.5, 0.6) is 0 Å². The maximum absolute atomic E-state index is 5.87. The lowest BCUT2D eigenvalue weighted by atomic mass is 9.91. The van der Waals surface area contributed by atoms with Gasteiger partial charge in [-0.3, -0.25) is 0 Å². The van der Waals surface area contributed by atoms with E-state index in [1.54, 1.807) is 0 Å². The fourth-order valence-electron chi connectivity index (χ4n) is 2.29. The minimum absolute atomic E-state index is 0.0332.